The predicted octanol–water partition coefficient (Wildman–Crippen LogP) is 2.66. The Morgan fingerprint density at radius 1 is 1.21 bits per heavy atom. The number of amides is 1. The summed E-state index contributed by atoms with van der Waals surface area (Å²) in [5.41, 5.74) is 4.09. The van der Waals surface area contributed by atoms with Gasteiger partial charge in [-0.2, -0.15) is 5.10 Å². The van der Waals surface area contributed by atoms with Crippen LogP contribution in [0.2, 0.25) is 0 Å². The van der Waals surface area contributed by atoms with Crippen molar-refractivity contribution in [1.82, 2.24) is 19.7 Å². The SMILES string of the molecule is Cc1cccc(-c2ncc(C3CC(=O)Nc4c3cnn4C)cn2)c1. The Hall–Kier alpha value is -3.02. The molecule has 0 spiro atoms. The normalized spacial score (nSPS) is 16.6. The molecule has 0 saturated carbocycles. The maximum absolute atomic E-state index is 12.0. The summed E-state index contributed by atoms with van der Waals surface area (Å²) in [5, 5.41) is 7.12. The Bertz CT molecular complexity index is 913. The molecule has 1 N–H and O–H groups in total. The van der Waals surface area contributed by atoms with Gasteiger partial charge in [-0.1, -0.05) is 23.8 Å². The highest BCUT2D eigenvalue weighted by Crippen LogP contribution is 2.36. The van der Waals surface area contributed by atoms with Gasteiger partial charge in [-0.25, -0.2) is 9.97 Å². The summed E-state index contributed by atoms with van der Waals surface area (Å²) >= 11 is 0. The molecule has 0 bridgehead atoms. The number of benzene rings is 1. The summed E-state index contributed by atoms with van der Waals surface area (Å²) in [7, 11) is 1.82. The van der Waals surface area contributed by atoms with Crippen molar-refractivity contribution in [2.45, 2.75) is 19.3 Å². The number of rotatable bonds is 2. The van der Waals surface area contributed by atoms with Crippen molar-refractivity contribution in [1.29, 1.82) is 0 Å². The van der Waals surface area contributed by atoms with Crippen molar-refractivity contribution in [2.75, 3.05) is 5.32 Å². The molecule has 3 aromatic rings. The van der Waals surface area contributed by atoms with Crippen LogP contribution in [0.3, 0.4) is 0 Å². The Morgan fingerprint density at radius 2 is 2.00 bits per heavy atom. The summed E-state index contributed by atoms with van der Waals surface area (Å²) < 4.78 is 1.68. The number of nitrogens with one attached hydrogen (secondary N) is 1. The summed E-state index contributed by atoms with van der Waals surface area (Å²) in [5.74, 6) is 1.36. The van der Waals surface area contributed by atoms with Gasteiger partial charge >= 0.3 is 0 Å². The molecule has 1 atom stereocenters. The molecule has 1 aromatic carbocycles. The van der Waals surface area contributed by atoms with Gasteiger partial charge in [-0.3, -0.25) is 9.48 Å². The minimum Gasteiger partial charge on any atom is -0.311 e. The predicted molar refractivity (Wildman–Crippen MR) is 90.5 cm³/mol. The summed E-state index contributed by atoms with van der Waals surface area (Å²) in [6.45, 7) is 2.04. The van der Waals surface area contributed by atoms with Crippen LogP contribution in [0.5, 0.6) is 0 Å². The van der Waals surface area contributed by atoms with Gasteiger partial charge in [0.05, 0.1) is 6.20 Å². The third-order valence-electron chi connectivity index (χ3n) is 4.34. The molecule has 2 aromatic heterocycles. The van der Waals surface area contributed by atoms with Crippen LogP contribution < -0.4 is 5.32 Å². The molecule has 6 heteroatoms. The largest absolute Gasteiger partial charge is 0.311 e. The minimum absolute atomic E-state index is 0.0149. The van der Waals surface area contributed by atoms with Crippen molar-refractivity contribution < 1.29 is 4.79 Å². The van der Waals surface area contributed by atoms with Crippen molar-refractivity contribution in [3.63, 3.8) is 0 Å². The number of carbonyl (C=O) groups excluding carboxylic acids is 1. The van der Waals surface area contributed by atoms with Crippen LogP contribution in [-0.4, -0.2) is 25.7 Å². The van der Waals surface area contributed by atoms with E-state index in [1.165, 1.54) is 5.56 Å². The van der Waals surface area contributed by atoms with E-state index in [0.717, 1.165) is 22.5 Å². The molecule has 1 unspecified atom stereocenters. The van der Waals surface area contributed by atoms with Crippen LogP contribution in [0.25, 0.3) is 11.4 Å². The van der Waals surface area contributed by atoms with Gasteiger partial charge in [0, 0.05) is 42.9 Å². The molecule has 0 saturated heterocycles. The van der Waals surface area contributed by atoms with Gasteiger partial charge in [0.25, 0.3) is 0 Å². The second-order valence-corrected chi connectivity index (χ2v) is 6.09. The van der Waals surface area contributed by atoms with Crippen molar-refractivity contribution in [3.05, 3.63) is 59.5 Å². The number of hydrogen-bond donors (Lipinski definition) is 1. The number of carbonyl (C=O) groups is 1. The fourth-order valence-corrected chi connectivity index (χ4v) is 3.09. The third kappa shape index (κ3) is 2.46. The highest BCUT2D eigenvalue weighted by Gasteiger charge is 2.29. The molecule has 1 amide bonds. The summed E-state index contributed by atoms with van der Waals surface area (Å²) in [6, 6.07) is 8.09. The zero-order chi connectivity index (χ0) is 16.7. The van der Waals surface area contributed by atoms with Crippen LogP contribution in [0.15, 0.2) is 42.9 Å². The fraction of sp³-hybridized carbons (Fsp3) is 0.222. The van der Waals surface area contributed by atoms with Gasteiger partial charge in [0.1, 0.15) is 5.82 Å². The molecule has 3 heterocycles. The lowest BCUT2D eigenvalue weighted by Gasteiger charge is -2.22. The Morgan fingerprint density at radius 3 is 2.75 bits per heavy atom. The van der Waals surface area contributed by atoms with Gasteiger partial charge < -0.3 is 5.32 Å². The van der Waals surface area contributed by atoms with E-state index in [9.17, 15) is 4.79 Å². The first kappa shape index (κ1) is 14.6. The number of nitrogens with zero attached hydrogens (tertiary/aromatic N) is 4. The van der Waals surface area contributed by atoms with E-state index in [1.54, 1.807) is 10.9 Å². The second-order valence-electron chi connectivity index (χ2n) is 6.09. The Labute approximate surface area is 139 Å². The third-order valence-corrected chi connectivity index (χ3v) is 4.34. The Kier molecular flexibility index (Phi) is 3.37. The standard InChI is InChI=1S/C18H17N5O/c1-11-4-3-5-12(6-11)17-19-8-13(9-20-17)14-7-16(24)22-18-15(14)10-21-23(18)2/h3-6,8-10,14H,7H2,1-2H3,(H,22,24). The molecule has 0 radical (unpaired) electrons. The van der Waals surface area contributed by atoms with Crippen LogP contribution in [-0.2, 0) is 11.8 Å². The number of fused-ring (bicyclic) bond motifs is 1. The lowest BCUT2D eigenvalue weighted by atomic mass is 9.89. The Balaban J connectivity index is 1.70. The van der Waals surface area contributed by atoms with Crippen molar-refractivity contribution in [2.24, 2.45) is 7.05 Å². The van der Waals surface area contributed by atoms with E-state index in [0.29, 0.717) is 12.2 Å². The molecule has 1 aliphatic heterocycles. The highest BCUT2D eigenvalue weighted by molar-refractivity contribution is 5.94. The van der Waals surface area contributed by atoms with E-state index in [2.05, 4.69) is 26.4 Å². The van der Waals surface area contributed by atoms with Gasteiger partial charge in [0.2, 0.25) is 5.91 Å². The summed E-state index contributed by atoms with van der Waals surface area (Å²) in [6.07, 6.45) is 5.80. The first-order chi connectivity index (χ1) is 11.6. The maximum atomic E-state index is 12.0. The minimum atomic E-state index is -0.0611. The van der Waals surface area contributed by atoms with Crippen molar-refractivity contribution >= 4 is 11.7 Å². The first-order valence-corrected chi connectivity index (χ1v) is 7.82. The molecule has 1 aliphatic rings. The quantitative estimate of drug-likeness (QED) is 0.788. The first-order valence-electron chi connectivity index (χ1n) is 7.82. The van der Waals surface area contributed by atoms with E-state index >= 15 is 0 Å². The molecule has 24 heavy (non-hydrogen) atoms. The van der Waals surface area contributed by atoms with Crippen LogP contribution in [0, 0.1) is 6.92 Å². The zero-order valence-electron chi connectivity index (χ0n) is 13.5. The van der Waals surface area contributed by atoms with Gasteiger partial charge in [0.15, 0.2) is 5.82 Å². The van der Waals surface area contributed by atoms with Crippen molar-refractivity contribution in [3.8, 4) is 11.4 Å². The molecule has 4 rings (SSSR count). The number of hydrogen-bond acceptors (Lipinski definition) is 4. The van der Waals surface area contributed by atoms with Crippen LogP contribution in [0.1, 0.15) is 29.0 Å². The highest BCUT2D eigenvalue weighted by atomic mass is 16.1. The molecule has 6 nitrogen and oxygen atoms in total. The average molecular weight is 319 g/mol. The molecular weight excluding hydrogens is 302 g/mol. The van der Waals surface area contributed by atoms with E-state index < -0.39 is 0 Å². The molecule has 0 aliphatic carbocycles. The van der Waals surface area contributed by atoms with Gasteiger partial charge in [-0.15, -0.1) is 0 Å². The zero-order valence-corrected chi connectivity index (χ0v) is 13.5. The second kappa shape index (κ2) is 5.56. The smallest absolute Gasteiger partial charge is 0.226 e. The van der Waals surface area contributed by atoms with E-state index in [-0.39, 0.29) is 11.8 Å². The van der Waals surface area contributed by atoms with Gasteiger partial charge in [-0.05, 0) is 18.6 Å². The summed E-state index contributed by atoms with van der Waals surface area (Å²) in [4.78, 5) is 21.0. The fourth-order valence-electron chi connectivity index (χ4n) is 3.09. The number of aromatic nitrogens is 4. The maximum Gasteiger partial charge on any atom is 0.226 e. The molecule has 120 valence electrons. The molecule has 0 fully saturated rings. The van der Waals surface area contributed by atoms with E-state index in [1.807, 2.05) is 44.6 Å². The monoisotopic (exact) mass is 319 g/mol. The average Bonchev–Trinajstić information content (AvgIpc) is 2.95. The van der Waals surface area contributed by atoms with Crippen LogP contribution >= 0.6 is 0 Å². The number of aryl methyl sites for hydroxylation is 2. The lowest BCUT2D eigenvalue weighted by molar-refractivity contribution is -0.116. The topological polar surface area (TPSA) is 72.7 Å². The van der Waals surface area contributed by atoms with Crippen LogP contribution in [0.4, 0.5) is 5.82 Å². The van der Waals surface area contributed by atoms with E-state index in [4.69, 9.17) is 0 Å². The lowest BCUT2D eigenvalue weighted by Crippen LogP contribution is -2.24. The number of anilines is 1. The molecular formula is C18H17N5O.